The first-order valence-corrected chi connectivity index (χ1v) is 10.1. The van der Waals surface area contributed by atoms with Gasteiger partial charge in [-0.3, -0.25) is 9.78 Å². The number of rotatable bonds is 4. The largest absolute Gasteiger partial charge is 0.506 e. The molecule has 0 saturated carbocycles. The van der Waals surface area contributed by atoms with Crippen LogP contribution < -0.4 is 4.90 Å². The van der Waals surface area contributed by atoms with Crippen molar-refractivity contribution < 1.29 is 33.0 Å². The standard InChI is InChI=1S/C22H18F3N5O4/c23-22(24,25)16-8-13(15-10-17(31)12-26-11-15)7-14(9-16)20(32)30-5-3-29(4-6-30)19-2-1-18(21(33)34)27-28-19/h1-2,7-12,31H,3-6H2,(H,33,34). The van der Waals surface area contributed by atoms with Gasteiger partial charge >= 0.3 is 12.1 Å². The molecule has 4 rings (SSSR count). The lowest BCUT2D eigenvalue weighted by atomic mass is 9.99. The second kappa shape index (κ2) is 8.96. The van der Waals surface area contributed by atoms with E-state index in [1.165, 1.54) is 35.4 Å². The van der Waals surface area contributed by atoms with E-state index in [1.54, 1.807) is 4.90 Å². The summed E-state index contributed by atoms with van der Waals surface area (Å²) in [4.78, 5) is 31.0. The first kappa shape index (κ1) is 23.0. The number of nitrogens with zero attached hydrogens (tertiary/aromatic N) is 5. The monoisotopic (exact) mass is 473 g/mol. The summed E-state index contributed by atoms with van der Waals surface area (Å²) in [6.45, 7) is 1.13. The van der Waals surface area contributed by atoms with Crippen molar-refractivity contribution in [3.63, 3.8) is 0 Å². The summed E-state index contributed by atoms with van der Waals surface area (Å²) in [5.41, 5.74) is -0.960. The zero-order valence-electron chi connectivity index (χ0n) is 17.5. The van der Waals surface area contributed by atoms with E-state index in [1.807, 2.05) is 0 Å². The summed E-state index contributed by atoms with van der Waals surface area (Å²) in [6.07, 6.45) is -2.21. The number of anilines is 1. The van der Waals surface area contributed by atoms with Crippen LogP contribution in [0.4, 0.5) is 19.0 Å². The van der Waals surface area contributed by atoms with E-state index in [2.05, 4.69) is 15.2 Å². The van der Waals surface area contributed by atoms with Gasteiger partial charge in [0.05, 0.1) is 11.8 Å². The zero-order valence-corrected chi connectivity index (χ0v) is 17.5. The molecule has 0 atom stereocenters. The lowest BCUT2D eigenvalue weighted by Gasteiger charge is -2.35. The SMILES string of the molecule is O=C(O)c1ccc(N2CCN(C(=O)c3cc(-c4cncc(O)c4)cc(C(F)(F)F)c3)CC2)nn1. The number of aromatic nitrogens is 3. The van der Waals surface area contributed by atoms with Gasteiger partial charge in [0, 0.05) is 43.5 Å². The van der Waals surface area contributed by atoms with Crippen molar-refractivity contribution in [1.82, 2.24) is 20.1 Å². The van der Waals surface area contributed by atoms with Gasteiger partial charge in [-0.25, -0.2) is 4.79 Å². The molecule has 3 aromatic rings. The molecule has 2 N–H and O–H groups in total. The molecule has 2 aromatic heterocycles. The van der Waals surface area contributed by atoms with E-state index >= 15 is 0 Å². The van der Waals surface area contributed by atoms with Gasteiger partial charge in [-0.1, -0.05) is 0 Å². The lowest BCUT2D eigenvalue weighted by Crippen LogP contribution is -2.49. The maximum absolute atomic E-state index is 13.5. The van der Waals surface area contributed by atoms with Crippen LogP contribution in [0.3, 0.4) is 0 Å². The third-order valence-corrected chi connectivity index (χ3v) is 5.32. The van der Waals surface area contributed by atoms with Gasteiger partial charge in [-0.2, -0.15) is 13.2 Å². The minimum atomic E-state index is -4.67. The van der Waals surface area contributed by atoms with Gasteiger partial charge in [0.2, 0.25) is 0 Å². The quantitative estimate of drug-likeness (QED) is 0.594. The summed E-state index contributed by atoms with van der Waals surface area (Å²) in [6, 6.07) is 7.16. The Morgan fingerprint density at radius 1 is 0.912 bits per heavy atom. The molecule has 0 bridgehead atoms. The fourth-order valence-electron chi connectivity index (χ4n) is 3.60. The number of carboxylic acids is 1. The van der Waals surface area contributed by atoms with E-state index in [-0.39, 0.29) is 41.2 Å². The molecule has 34 heavy (non-hydrogen) atoms. The summed E-state index contributed by atoms with van der Waals surface area (Å²) in [5, 5.41) is 26.1. The number of carbonyl (C=O) groups is 2. The molecule has 9 nitrogen and oxygen atoms in total. The average molecular weight is 473 g/mol. The first-order valence-electron chi connectivity index (χ1n) is 10.1. The summed E-state index contributed by atoms with van der Waals surface area (Å²) in [5.74, 6) is -1.53. The predicted octanol–water partition coefficient (Wildman–Crippen LogP) is 2.92. The maximum atomic E-state index is 13.5. The van der Waals surface area contributed by atoms with Crippen molar-refractivity contribution in [3.8, 4) is 16.9 Å². The fraction of sp³-hybridized carbons (Fsp3) is 0.227. The molecule has 1 aromatic carbocycles. The van der Waals surface area contributed by atoms with Gasteiger partial charge < -0.3 is 20.0 Å². The van der Waals surface area contributed by atoms with Crippen LogP contribution in [-0.2, 0) is 6.18 Å². The molecule has 176 valence electrons. The molecular weight excluding hydrogens is 455 g/mol. The number of hydrogen-bond acceptors (Lipinski definition) is 7. The van der Waals surface area contributed by atoms with Crippen molar-refractivity contribution in [1.29, 1.82) is 0 Å². The van der Waals surface area contributed by atoms with Crippen LogP contribution in [0.15, 0.2) is 48.8 Å². The van der Waals surface area contributed by atoms with Crippen LogP contribution >= 0.6 is 0 Å². The van der Waals surface area contributed by atoms with Crippen LogP contribution in [0, 0.1) is 0 Å². The maximum Gasteiger partial charge on any atom is 0.416 e. The molecule has 1 aliphatic rings. The van der Waals surface area contributed by atoms with Gasteiger partial charge in [0.1, 0.15) is 5.75 Å². The number of carboxylic acid groups (broad SMARTS) is 1. The number of hydrogen-bond donors (Lipinski definition) is 2. The smallest absolute Gasteiger partial charge is 0.416 e. The van der Waals surface area contributed by atoms with Crippen LogP contribution in [-0.4, -0.2) is 68.3 Å². The molecule has 12 heteroatoms. The van der Waals surface area contributed by atoms with E-state index in [0.717, 1.165) is 18.3 Å². The molecule has 0 radical (unpaired) electrons. The van der Waals surface area contributed by atoms with Gasteiger partial charge in [0.25, 0.3) is 5.91 Å². The number of pyridine rings is 1. The molecule has 1 saturated heterocycles. The second-order valence-electron chi connectivity index (χ2n) is 7.59. The van der Waals surface area contributed by atoms with Crippen molar-refractivity contribution in [3.05, 3.63) is 65.6 Å². The summed E-state index contributed by atoms with van der Waals surface area (Å²) < 4.78 is 40.6. The summed E-state index contributed by atoms with van der Waals surface area (Å²) in [7, 11) is 0. The summed E-state index contributed by atoms with van der Waals surface area (Å²) >= 11 is 0. The molecule has 0 spiro atoms. The first-order chi connectivity index (χ1) is 16.1. The van der Waals surface area contributed by atoms with Gasteiger partial charge in [-0.05, 0) is 42.0 Å². The number of piperazine rings is 1. The minimum absolute atomic E-state index is 0.106. The van der Waals surface area contributed by atoms with Gasteiger partial charge in [-0.15, -0.1) is 10.2 Å². The van der Waals surface area contributed by atoms with E-state index in [9.17, 15) is 27.9 Å². The number of amides is 1. The highest BCUT2D eigenvalue weighted by molar-refractivity contribution is 5.96. The van der Waals surface area contributed by atoms with Crippen LogP contribution in [0.25, 0.3) is 11.1 Å². The highest BCUT2D eigenvalue weighted by Crippen LogP contribution is 2.34. The highest BCUT2D eigenvalue weighted by atomic mass is 19.4. The number of benzene rings is 1. The Hall–Kier alpha value is -4.22. The van der Waals surface area contributed by atoms with Crippen LogP contribution in [0.5, 0.6) is 5.75 Å². The Morgan fingerprint density at radius 3 is 2.24 bits per heavy atom. The molecular formula is C22H18F3N5O4. The fourth-order valence-corrected chi connectivity index (χ4v) is 3.60. The van der Waals surface area contributed by atoms with Crippen molar-refractivity contribution in [2.45, 2.75) is 6.18 Å². The Morgan fingerprint density at radius 2 is 1.65 bits per heavy atom. The number of halogens is 3. The van der Waals surface area contributed by atoms with Crippen LogP contribution in [0.2, 0.25) is 0 Å². The molecule has 1 fully saturated rings. The molecule has 1 amide bonds. The van der Waals surface area contributed by atoms with Crippen molar-refractivity contribution in [2.75, 3.05) is 31.1 Å². The second-order valence-corrected chi connectivity index (χ2v) is 7.59. The number of carbonyl (C=O) groups excluding carboxylic acids is 1. The molecule has 3 heterocycles. The van der Waals surface area contributed by atoms with E-state index < -0.39 is 23.6 Å². The minimum Gasteiger partial charge on any atom is -0.506 e. The number of aromatic carboxylic acids is 1. The Labute approximate surface area is 191 Å². The Bertz CT molecular complexity index is 1230. The molecule has 0 unspecified atom stereocenters. The van der Waals surface area contributed by atoms with E-state index in [4.69, 9.17) is 5.11 Å². The normalized spacial score (nSPS) is 14.2. The highest BCUT2D eigenvalue weighted by Gasteiger charge is 2.33. The zero-order chi connectivity index (χ0) is 24.5. The number of aromatic hydroxyl groups is 1. The predicted molar refractivity (Wildman–Crippen MR) is 113 cm³/mol. The third kappa shape index (κ3) is 4.90. The van der Waals surface area contributed by atoms with Crippen LogP contribution in [0.1, 0.15) is 26.4 Å². The van der Waals surface area contributed by atoms with Gasteiger partial charge in [0.15, 0.2) is 11.5 Å². The Balaban J connectivity index is 1.54. The topological polar surface area (TPSA) is 120 Å². The Kier molecular flexibility index (Phi) is 6.05. The molecule has 0 aliphatic carbocycles. The average Bonchev–Trinajstić information content (AvgIpc) is 2.83. The molecule has 1 aliphatic heterocycles. The van der Waals surface area contributed by atoms with E-state index in [0.29, 0.717) is 18.9 Å². The van der Waals surface area contributed by atoms with Crippen molar-refractivity contribution >= 4 is 17.7 Å². The van der Waals surface area contributed by atoms with Crippen molar-refractivity contribution in [2.24, 2.45) is 0 Å². The number of alkyl halides is 3. The lowest BCUT2D eigenvalue weighted by molar-refractivity contribution is -0.137. The third-order valence-electron chi connectivity index (χ3n) is 5.32.